The predicted molar refractivity (Wildman–Crippen MR) is 102 cm³/mol. The van der Waals surface area contributed by atoms with Crippen molar-refractivity contribution in [2.75, 3.05) is 16.5 Å². The second-order valence-corrected chi connectivity index (χ2v) is 6.28. The third-order valence-electron chi connectivity index (χ3n) is 3.27. The van der Waals surface area contributed by atoms with Gasteiger partial charge in [-0.1, -0.05) is 23.9 Å². The summed E-state index contributed by atoms with van der Waals surface area (Å²) in [7, 11) is 0. The number of nitrogens with zero attached hydrogens (tertiary/aromatic N) is 4. The zero-order chi connectivity index (χ0) is 19.1. The summed E-state index contributed by atoms with van der Waals surface area (Å²) in [6, 6.07) is 11.2. The van der Waals surface area contributed by atoms with E-state index in [0.717, 1.165) is 17.5 Å². The summed E-state index contributed by atoms with van der Waals surface area (Å²) in [5.41, 5.74) is 4.59. The van der Waals surface area contributed by atoms with E-state index >= 15 is 0 Å². The fraction of sp³-hybridized carbons (Fsp3) is 0.118. The van der Waals surface area contributed by atoms with Gasteiger partial charge in [0.1, 0.15) is 5.82 Å². The number of hydrogen-bond donors (Lipinski definition) is 3. The van der Waals surface area contributed by atoms with Crippen molar-refractivity contribution >= 4 is 35.0 Å². The van der Waals surface area contributed by atoms with Crippen LogP contribution in [0.1, 0.15) is 12.6 Å². The third-order valence-corrected chi connectivity index (χ3v) is 4.12. The lowest BCUT2D eigenvalue weighted by Gasteiger charge is -2.03. The van der Waals surface area contributed by atoms with Crippen LogP contribution in [0, 0.1) is 5.82 Å². The van der Waals surface area contributed by atoms with Crippen LogP contribution in [0.4, 0.5) is 16.0 Å². The summed E-state index contributed by atoms with van der Waals surface area (Å²) >= 11 is 1.14. The molecule has 0 bridgehead atoms. The Balaban J connectivity index is 1.50. The molecule has 3 N–H and O–H groups in total. The zero-order valence-electron chi connectivity index (χ0n) is 14.3. The Hall–Kier alpha value is -3.27. The number of amides is 1. The molecule has 0 aliphatic carbocycles. The first-order valence-electron chi connectivity index (χ1n) is 7.92. The van der Waals surface area contributed by atoms with Crippen LogP contribution in [-0.4, -0.2) is 37.5 Å². The van der Waals surface area contributed by atoms with E-state index in [0.29, 0.717) is 22.5 Å². The fourth-order valence-electron chi connectivity index (χ4n) is 2.03. The Morgan fingerprint density at radius 1 is 1.30 bits per heavy atom. The van der Waals surface area contributed by atoms with Crippen LogP contribution in [0.15, 0.2) is 58.9 Å². The van der Waals surface area contributed by atoms with Crippen molar-refractivity contribution in [3.8, 4) is 0 Å². The molecular formula is C17H16FN7OS. The van der Waals surface area contributed by atoms with Gasteiger partial charge in [-0.05, 0) is 37.3 Å². The van der Waals surface area contributed by atoms with Crippen LogP contribution in [0.2, 0.25) is 0 Å². The first kappa shape index (κ1) is 18.5. The molecule has 10 heteroatoms. The number of rotatable bonds is 7. The van der Waals surface area contributed by atoms with Crippen molar-refractivity contribution in [1.29, 1.82) is 0 Å². The maximum absolute atomic E-state index is 13.1. The number of carbonyl (C=O) groups excluding carboxylic acids is 1. The molecule has 138 valence electrons. The average molecular weight is 385 g/mol. The molecule has 0 saturated heterocycles. The van der Waals surface area contributed by atoms with Gasteiger partial charge >= 0.3 is 0 Å². The van der Waals surface area contributed by atoms with Gasteiger partial charge in [-0.2, -0.15) is 10.1 Å². The van der Waals surface area contributed by atoms with Crippen molar-refractivity contribution in [3.05, 3.63) is 60.2 Å². The van der Waals surface area contributed by atoms with E-state index in [1.807, 2.05) is 25.1 Å². The fourth-order valence-corrected chi connectivity index (χ4v) is 2.62. The maximum atomic E-state index is 13.1. The monoisotopic (exact) mass is 385 g/mol. The number of aromatic nitrogens is 4. The van der Waals surface area contributed by atoms with Gasteiger partial charge in [0, 0.05) is 11.9 Å². The molecule has 0 radical (unpaired) electrons. The van der Waals surface area contributed by atoms with Crippen LogP contribution >= 0.6 is 11.8 Å². The summed E-state index contributed by atoms with van der Waals surface area (Å²) in [6.07, 6.45) is 1.69. The molecule has 8 nitrogen and oxygen atoms in total. The van der Waals surface area contributed by atoms with Gasteiger partial charge in [-0.3, -0.25) is 9.78 Å². The predicted octanol–water partition coefficient (Wildman–Crippen LogP) is 2.91. The minimum atomic E-state index is -0.410. The minimum absolute atomic E-state index is 0.0873. The second kappa shape index (κ2) is 8.90. The number of anilines is 2. The third kappa shape index (κ3) is 5.61. The summed E-state index contributed by atoms with van der Waals surface area (Å²) < 4.78 is 13.1. The summed E-state index contributed by atoms with van der Waals surface area (Å²) in [6.45, 7) is 1.82. The largest absolute Gasteiger partial charge is 0.325 e. The Morgan fingerprint density at radius 2 is 2.19 bits per heavy atom. The molecule has 0 unspecified atom stereocenters. The molecule has 0 saturated carbocycles. The maximum Gasteiger partial charge on any atom is 0.240 e. The minimum Gasteiger partial charge on any atom is -0.325 e. The van der Waals surface area contributed by atoms with Crippen LogP contribution in [0.3, 0.4) is 0 Å². The highest BCUT2D eigenvalue weighted by molar-refractivity contribution is 7.99. The van der Waals surface area contributed by atoms with Crippen molar-refractivity contribution in [1.82, 2.24) is 20.2 Å². The van der Waals surface area contributed by atoms with Gasteiger partial charge in [0.15, 0.2) is 0 Å². The number of hydrazone groups is 1. The molecule has 2 aromatic heterocycles. The molecule has 3 rings (SSSR count). The van der Waals surface area contributed by atoms with Crippen LogP contribution < -0.4 is 10.7 Å². The topological polar surface area (TPSA) is 108 Å². The van der Waals surface area contributed by atoms with E-state index in [-0.39, 0.29) is 11.7 Å². The van der Waals surface area contributed by atoms with Crippen LogP contribution in [0.25, 0.3) is 0 Å². The molecule has 0 aliphatic rings. The molecule has 27 heavy (non-hydrogen) atoms. The van der Waals surface area contributed by atoms with Gasteiger partial charge in [0.25, 0.3) is 0 Å². The van der Waals surface area contributed by atoms with E-state index in [9.17, 15) is 9.18 Å². The number of pyridine rings is 1. The summed E-state index contributed by atoms with van der Waals surface area (Å²) in [5, 5.41) is 13.9. The Morgan fingerprint density at radius 3 is 2.96 bits per heavy atom. The van der Waals surface area contributed by atoms with E-state index < -0.39 is 5.82 Å². The Kier molecular flexibility index (Phi) is 6.10. The highest BCUT2D eigenvalue weighted by atomic mass is 32.2. The number of aromatic amines is 1. The molecule has 0 fully saturated rings. The van der Waals surface area contributed by atoms with Crippen LogP contribution in [0.5, 0.6) is 0 Å². The molecule has 0 spiro atoms. The molecule has 0 aliphatic heterocycles. The highest BCUT2D eigenvalue weighted by Crippen LogP contribution is 2.15. The lowest BCUT2D eigenvalue weighted by Crippen LogP contribution is -2.14. The summed E-state index contributed by atoms with van der Waals surface area (Å²) in [4.78, 5) is 20.3. The number of nitrogens with one attached hydrogen (secondary N) is 3. The molecule has 2 heterocycles. The number of H-pyrrole nitrogens is 1. The first-order valence-corrected chi connectivity index (χ1v) is 8.91. The van der Waals surface area contributed by atoms with Crippen LogP contribution in [-0.2, 0) is 4.79 Å². The SMILES string of the molecule is C/C(=N\Nc1nc(SCC(=O)Nc2cccc(F)c2)n[nH]1)c1ccccn1. The smallest absolute Gasteiger partial charge is 0.240 e. The summed E-state index contributed by atoms with van der Waals surface area (Å²) in [5.74, 6) is -0.261. The number of halogens is 1. The number of thioether (sulfide) groups is 1. The van der Waals surface area contributed by atoms with Crippen molar-refractivity contribution in [3.63, 3.8) is 0 Å². The van der Waals surface area contributed by atoms with Gasteiger partial charge < -0.3 is 5.32 Å². The zero-order valence-corrected chi connectivity index (χ0v) is 15.1. The van der Waals surface area contributed by atoms with E-state index in [4.69, 9.17) is 0 Å². The second-order valence-electron chi connectivity index (χ2n) is 5.34. The van der Waals surface area contributed by atoms with E-state index in [1.165, 1.54) is 18.2 Å². The normalized spacial score (nSPS) is 11.3. The number of hydrogen-bond acceptors (Lipinski definition) is 7. The molecule has 3 aromatic rings. The van der Waals surface area contributed by atoms with Gasteiger partial charge in [-0.25, -0.2) is 14.9 Å². The molecule has 0 atom stereocenters. The molecular weight excluding hydrogens is 369 g/mol. The van der Waals surface area contributed by atoms with Gasteiger partial charge in [-0.15, -0.1) is 5.10 Å². The van der Waals surface area contributed by atoms with Crippen molar-refractivity contribution in [2.24, 2.45) is 5.10 Å². The van der Waals surface area contributed by atoms with Gasteiger partial charge in [0.05, 0.1) is 17.2 Å². The lowest BCUT2D eigenvalue weighted by atomic mass is 10.3. The van der Waals surface area contributed by atoms with Gasteiger partial charge in [0.2, 0.25) is 17.0 Å². The van der Waals surface area contributed by atoms with Crippen molar-refractivity contribution in [2.45, 2.75) is 12.1 Å². The standard InChI is InChI=1S/C17H16FN7OS/c1-11(14-7-2-3-8-19-14)22-23-16-21-17(25-24-16)27-10-15(26)20-13-6-4-5-12(18)9-13/h2-9H,10H2,1H3,(H,20,26)(H2,21,23,24,25)/b22-11+. The molecule has 1 aromatic carbocycles. The quantitative estimate of drug-likeness (QED) is 0.328. The number of carbonyl (C=O) groups is 1. The lowest BCUT2D eigenvalue weighted by molar-refractivity contribution is -0.113. The van der Waals surface area contributed by atoms with E-state index in [1.54, 1.807) is 12.3 Å². The van der Waals surface area contributed by atoms with E-state index in [2.05, 4.69) is 36.0 Å². The van der Waals surface area contributed by atoms with Crippen molar-refractivity contribution < 1.29 is 9.18 Å². The average Bonchev–Trinajstić information content (AvgIpc) is 3.13. The highest BCUT2D eigenvalue weighted by Gasteiger charge is 2.08. The molecule has 1 amide bonds. The Bertz CT molecular complexity index is 945. The first-order chi connectivity index (χ1) is 13.1. The Labute approximate surface area is 158 Å². The number of benzene rings is 1.